The largest absolute Gasteiger partial charge is 0.462 e. The van der Waals surface area contributed by atoms with Crippen LogP contribution >= 0.6 is 0 Å². The summed E-state index contributed by atoms with van der Waals surface area (Å²) in [7, 11) is -3.31. The van der Waals surface area contributed by atoms with Crippen molar-refractivity contribution in [2.24, 2.45) is 17.3 Å². The highest BCUT2D eigenvalue weighted by molar-refractivity contribution is 7.91. The summed E-state index contributed by atoms with van der Waals surface area (Å²) in [6.07, 6.45) is 2.28. The SMILES string of the molecule is CCOC(=O)C1=C2CC(C)(C)[C@H](CCCS(=O)(=O)c3ccccc3)[C@H]2CC1=O. The highest BCUT2D eigenvalue weighted by atomic mass is 32.2. The molecule has 1 saturated carbocycles. The number of hydrogen-bond acceptors (Lipinski definition) is 5. The van der Waals surface area contributed by atoms with Crippen LogP contribution < -0.4 is 0 Å². The van der Waals surface area contributed by atoms with Crippen LogP contribution in [0, 0.1) is 17.3 Å². The number of carbonyl (C=O) groups excluding carboxylic acids is 2. The van der Waals surface area contributed by atoms with E-state index in [0.29, 0.717) is 24.2 Å². The lowest BCUT2D eigenvalue weighted by Gasteiger charge is -2.30. The molecule has 0 unspecified atom stereocenters. The zero-order valence-electron chi connectivity index (χ0n) is 16.7. The summed E-state index contributed by atoms with van der Waals surface area (Å²) in [6.45, 7) is 6.26. The van der Waals surface area contributed by atoms with Gasteiger partial charge in [-0.05, 0) is 61.1 Å². The van der Waals surface area contributed by atoms with E-state index in [1.54, 1.807) is 37.3 Å². The fourth-order valence-electron chi connectivity index (χ4n) is 4.84. The Morgan fingerprint density at radius 3 is 2.54 bits per heavy atom. The highest BCUT2D eigenvalue weighted by Gasteiger charge is 2.51. The van der Waals surface area contributed by atoms with E-state index in [4.69, 9.17) is 4.74 Å². The lowest BCUT2D eigenvalue weighted by Crippen LogP contribution is -2.24. The van der Waals surface area contributed by atoms with E-state index in [1.165, 1.54) is 0 Å². The first-order valence-corrected chi connectivity index (χ1v) is 11.5. The Bertz CT molecular complexity index is 896. The number of ether oxygens (including phenoxy) is 1. The molecule has 2 aliphatic rings. The van der Waals surface area contributed by atoms with Crippen molar-refractivity contribution >= 4 is 21.6 Å². The van der Waals surface area contributed by atoms with Crippen LogP contribution in [0.1, 0.15) is 46.5 Å². The Labute approximate surface area is 167 Å². The highest BCUT2D eigenvalue weighted by Crippen LogP contribution is 2.56. The number of fused-ring (bicyclic) bond motifs is 1. The third-order valence-corrected chi connectivity index (χ3v) is 7.91. The molecule has 0 N–H and O–H groups in total. The average molecular weight is 405 g/mol. The van der Waals surface area contributed by atoms with E-state index in [0.717, 1.165) is 12.0 Å². The lowest BCUT2D eigenvalue weighted by molar-refractivity contribution is -0.139. The van der Waals surface area contributed by atoms with Gasteiger partial charge in [0.1, 0.15) is 5.57 Å². The van der Waals surface area contributed by atoms with E-state index in [1.807, 2.05) is 0 Å². The molecule has 0 bridgehead atoms. The molecule has 2 aliphatic carbocycles. The predicted molar refractivity (Wildman–Crippen MR) is 106 cm³/mol. The van der Waals surface area contributed by atoms with Gasteiger partial charge in [0, 0.05) is 6.42 Å². The van der Waals surface area contributed by atoms with Crippen molar-refractivity contribution < 1.29 is 22.7 Å². The molecule has 0 spiro atoms. The van der Waals surface area contributed by atoms with Gasteiger partial charge in [-0.25, -0.2) is 13.2 Å². The van der Waals surface area contributed by atoms with Gasteiger partial charge in [0.05, 0.1) is 17.3 Å². The number of sulfone groups is 1. The number of hydrogen-bond donors (Lipinski definition) is 0. The van der Waals surface area contributed by atoms with E-state index in [-0.39, 0.29) is 41.0 Å². The zero-order valence-corrected chi connectivity index (χ0v) is 17.6. The third-order valence-electron chi connectivity index (χ3n) is 6.10. The Morgan fingerprint density at radius 1 is 1.21 bits per heavy atom. The number of ketones is 1. The van der Waals surface area contributed by atoms with Crippen LogP contribution in [0.25, 0.3) is 0 Å². The second-order valence-corrected chi connectivity index (χ2v) is 10.5. The number of allylic oxidation sites excluding steroid dienone is 1. The normalized spacial score (nSPS) is 23.8. The molecule has 0 aliphatic heterocycles. The molecule has 6 heteroatoms. The summed E-state index contributed by atoms with van der Waals surface area (Å²) in [6, 6.07) is 8.50. The number of Topliss-reactive ketones (excluding diaryl/α,β-unsaturated/α-hetero) is 1. The van der Waals surface area contributed by atoms with Crippen LogP contribution in [-0.4, -0.2) is 32.5 Å². The summed E-state index contributed by atoms with van der Waals surface area (Å²) < 4.78 is 30.2. The van der Waals surface area contributed by atoms with E-state index in [2.05, 4.69) is 13.8 Å². The first-order chi connectivity index (χ1) is 13.2. The van der Waals surface area contributed by atoms with Gasteiger partial charge in [0.2, 0.25) is 0 Å². The standard InChI is InChI=1S/C22H28O5S/c1-4-27-21(24)20-17-14-22(2,3)18(16(17)13-19(20)23)11-8-12-28(25,26)15-9-6-5-7-10-15/h5-7,9-10,16,18H,4,8,11-14H2,1-3H3/t16-,18+/m0/s1. The minimum absolute atomic E-state index is 0.0290. The molecule has 0 amide bonds. The fraction of sp³-hybridized carbons (Fsp3) is 0.545. The van der Waals surface area contributed by atoms with Gasteiger partial charge >= 0.3 is 5.97 Å². The summed E-state index contributed by atoms with van der Waals surface area (Å²) in [5.41, 5.74) is 1.10. The molecule has 28 heavy (non-hydrogen) atoms. The van der Waals surface area contributed by atoms with Gasteiger partial charge < -0.3 is 4.74 Å². The third kappa shape index (κ3) is 3.93. The Hall–Kier alpha value is -1.95. The Balaban J connectivity index is 1.73. The van der Waals surface area contributed by atoms with Gasteiger partial charge in [0.25, 0.3) is 0 Å². The maximum atomic E-state index is 12.5. The predicted octanol–water partition coefficient (Wildman–Crippen LogP) is 3.74. The molecule has 0 heterocycles. The number of esters is 1. The van der Waals surface area contributed by atoms with Crippen molar-refractivity contribution in [3.63, 3.8) is 0 Å². The second kappa shape index (κ2) is 7.82. The number of rotatable bonds is 7. The molecule has 1 fully saturated rings. The molecule has 0 radical (unpaired) electrons. The minimum Gasteiger partial charge on any atom is -0.462 e. The lowest BCUT2D eigenvalue weighted by atomic mass is 9.75. The quantitative estimate of drug-likeness (QED) is 0.511. The van der Waals surface area contributed by atoms with Crippen molar-refractivity contribution in [3.05, 3.63) is 41.5 Å². The number of carbonyl (C=O) groups is 2. The molecule has 1 aromatic rings. The summed E-state index contributed by atoms with van der Waals surface area (Å²) in [5.74, 6) is -0.330. The van der Waals surface area contributed by atoms with Gasteiger partial charge in [-0.3, -0.25) is 4.79 Å². The molecule has 2 atom stereocenters. The van der Waals surface area contributed by atoms with Gasteiger partial charge in [0.15, 0.2) is 15.6 Å². The summed E-state index contributed by atoms with van der Waals surface area (Å²) in [4.78, 5) is 25.0. The molecule has 1 aromatic carbocycles. The maximum Gasteiger partial charge on any atom is 0.341 e. The van der Waals surface area contributed by atoms with E-state index in [9.17, 15) is 18.0 Å². The minimum atomic E-state index is -3.31. The smallest absolute Gasteiger partial charge is 0.341 e. The van der Waals surface area contributed by atoms with Gasteiger partial charge in [-0.15, -0.1) is 0 Å². The fourth-order valence-corrected chi connectivity index (χ4v) is 6.19. The first-order valence-electron chi connectivity index (χ1n) is 9.88. The molecule has 0 aromatic heterocycles. The number of benzene rings is 1. The molecular formula is C22H28O5S. The first kappa shape index (κ1) is 20.8. The van der Waals surface area contributed by atoms with E-state index < -0.39 is 15.8 Å². The molecule has 152 valence electrons. The van der Waals surface area contributed by atoms with Crippen LogP contribution in [-0.2, 0) is 24.2 Å². The average Bonchev–Trinajstić information content (AvgIpc) is 3.06. The molecule has 5 nitrogen and oxygen atoms in total. The van der Waals surface area contributed by atoms with Crippen LogP contribution in [0.3, 0.4) is 0 Å². The molecule has 0 saturated heterocycles. The van der Waals surface area contributed by atoms with Gasteiger partial charge in [-0.2, -0.15) is 0 Å². The maximum absolute atomic E-state index is 12.5. The van der Waals surface area contributed by atoms with E-state index >= 15 is 0 Å². The topological polar surface area (TPSA) is 77.5 Å². The van der Waals surface area contributed by atoms with Crippen molar-refractivity contribution in [1.82, 2.24) is 0 Å². The second-order valence-electron chi connectivity index (χ2n) is 8.40. The Kier molecular flexibility index (Phi) is 5.80. The van der Waals surface area contributed by atoms with Crippen LogP contribution in [0.15, 0.2) is 46.4 Å². The van der Waals surface area contributed by atoms with Gasteiger partial charge in [-0.1, -0.05) is 32.0 Å². The molecule has 3 rings (SSSR count). The van der Waals surface area contributed by atoms with Crippen LogP contribution in [0.2, 0.25) is 0 Å². The van der Waals surface area contributed by atoms with Crippen molar-refractivity contribution in [2.75, 3.05) is 12.4 Å². The zero-order chi connectivity index (χ0) is 20.5. The molecular weight excluding hydrogens is 376 g/mol. The Morgan fingerprint density at radius 2 is 1.89 bits per heavy atom. The van der Waals surface area contributed by atoms with Crippen molar-refractivity contribution in [3.8, 4) is 0 Å². The monoisotopic (exact) mass is 404 g/mol. The van der Waals surface area contributed by atoms with Crippen LogP contribution in [0.5, 0.6) is 0 Å². The van der Waals surface area contributed by atoms with Crippen LogP contribution in [0.4, 0.5) is 0 Å². The van der Waals surface area contributed by atoms with Crippen molar-refractivity contribution in [1.29, 1.82) is 0 Å². The van der Waals surface area contributed by atoms with Crippen molar-refractivity contribution in [2.45, 2.75) is 51.3 Å². The summed E-state index contributed by atoms with van der Waals surface area (Å²) in [5, 5.41) is 0. The summed E-state index contributed by atoms with van der Waals surface area (Å²) >= 11 is 0.